The van der Waals surface area contributed by atoms with Gasteiger partial charge >= 0.3 is 0 Å². The molecule has 3 aromatic carbocycles. The first-order valence-electron chi connectivity index (χ1n) is 12.8. The van der Waals surface area contributed by atoms with Gasteiger partial charge in [-0.05, 0) is 49.5 Å². The molecule has 198 valence electrons. The van der Waals surface area contributed by atoms with E-state index in [9.17, 15) is 14.4 Å². The molecule has 1 aromatic heterocycles. The summed E-state index contributed by atoms with van der Waals surface area (Å²) in [5, 5.41) is 5.63. The lowest BCUT2D eigenvalue weighted by atomic mass is 10.0. The van der Waals surface area contributed by atoms with Crippen LogP contribution in [-0.2, 0) is 9.59 Å². The molecule has 5 rings (SSSR count). The number of anilines is 2. The zero-order valence-electron chi connectivity index (χ0n) is 22.2. The molecular weight excluding hydrogens is 492 g/mol. The van der Waals surface area contributed by atoms with Crippen LogP contribution in [0.1, 0.15) is 24.2 Å². The van der Waals surface area contributed by atoms with Gasteiger partial charge in [0.1, 0.15) is 0 Å². The smallest absolute Gasteiger partial charge is 0.254 e. The Kier molecular flexibility index (Phi) is 7.33. The lowest BCUT2D eigenvalue weighted by Gasteiger charge is -2.32. The Labute approximate surface area is 226 Å². The van der Waals surface area contributed by atoms with E-state index in [2.05, 4.69) is 22.6 Å². The first-order chi connectivity index (χ1) is 18.8. The highest BCUT2D eigenvalue weighted by Crippen LogP contribution is 2.33. The number of aromatic nitrogens is 2. The molecule has 4 aromatic rings. The topological polar surface area (TPSA) is 108 Å². The first-order valence-corrected chi connectivity index (χ1v) is 12.8. The van der Waals surface area contributed by atoms with Crippen molar-refractivity contribution in [3.63, 3.8) is 0 Å². The summed E-state index contributed by atoms with van der Waals surface area (Å²) in [6, 6.07) is 20.2. The van der Waals surface area contributed by atoms with Crippen LogP contribution in [0.3, 0.4) is 0 Å². The Balaban J connectivity index is 1.62. The fraction of sp³-hybridized carbons (Fsp3) is 0.233. The zero-order valence-corrected chi connectivity index (χ0v) is 22.2. The van der Waals surface area contributed by atoms with Gasteiger partial charge in [0.05, 0.1) is 22.4 Å². The number of nitrogens with one attached hydrogen (secondary N) is 2. The van der Waals surface area contributed by atoms with Crippen LogP contribution in [-0.4, -0.2) is 70.7 Å². The molecule has 9 heteroatoms. The number of benzene rings is 3. The Bertz CT molecular complexity index is 1580. The number of nitrogens with zero attached hydrogens (tertiary/aromatic N) is 4. The summed E-state index contributed by atoms with van der Waals surface area (Å²) < 4.78 is 0. The minimum absolute atomic E-state index is 0.0203. The van der Waals surface area contributed by atoms with Gasteiger partial charge < -0.3 is 20.4 Å². The Hall–Kier alpha value is -4.63. The van der Waals surface area contributed by atoms with Crippen LogP contribution >= 0.6 is 0 Å². The van der Waals surface area contributed by atoms with Gasteiger partial charge in [-0.15, -0.1) is 0 Å². The fourth-order valence-corrected chi connectivity index (χ4v) is 4.68. The molecule has 3 amide bonds. The van der Waals surface area contributed by atoms with Gasteiger partial charge in [0.2, 0.25) is 11.8 Å². The maximum absolute atomic E-state index is 13.3. The number of carbonyl (C=O) groups is 3. The largest absolute Gasteiger partial charge is 0.336 e. The third-order valence-corrected chi connectivity index (χ3v) is 6.61. The molecule has 0 radical (unpaired) electrons. The number of hydrogen-bond donors (Lipinski definition) is 2. The Morgan fingerprint density at radius 1 is 0.692 bits per heavy atom. The molecule has 2 heterocycles. The van der Waals surface area contributed by atoms with E-state index in [4.69, 9.17) is 9.97 Å². The molecule has 0 unspecified atom stereocenters. The van der Waals surface area contributed by atoms with Crippen LogP contribution in [0, 0.1) is 0 Å². The second-order valence-corrected chi connectivity index (χ2v) is 9.74. The number of rotatable bonds is 5. The van der Waals surface area contributed by atoms with Gasteiger partial charge in [0.15, 0.2) is 0 Å². The number of hydrogen-bond acceptors (Lipinski definition) is 6. The van der Waals surface area contributed by atoms with Crippen LogP contribution in [0.25, 0.3) is 33.5 Å². The molecule has 1 fully saturated rings. The van der Waals surface area contributed by atoms with Crippen LogP contribution in [0.5, 0.6) is 0 Å². The van der Waals surface area contributed by atoms with Crippen LogP contribution in [0.2, 0.25) is 0 Å². The molecule has 2 N–H and O–H groups in total. The minimum Gasteiger partial charge on any atom is -0.336 e. The van der Waals surface area contributed by atoms with E-state index in [0.29, 0.717) is 52.4 Å². The van der Waals surface area contributed by atoms with E-state index in [-0.39, 0.29) is 17.7 Å². The van der Waals surface area contributed by atoms with Crippen molar-refractivity contribution < 1.29 is 14.4 Å². The molecule has 0 saturated carbocycles. The highest BCUT2D eigenvalue weighted by molar-refractivity contribution is 5.98. The predicted molar refractivity (Wildman–Crippen MR) is 152 cm³/mol. The molecule has 1 saturated heterocycles. The summed E-state index contributed by atoms with van der Waals surface area (Å²) in [4.78, 5) is 50.6. The minimum atomic E-state index is -0.174. The standard InChI is InChI=1S/C30H30N6O3/c1-19(37)31-24-8-4-6-21(16-24)28-29(22-7-5-9-25(17-22)32-20(2)38)34-27-18-23(10-11-26(27)33-28)30(39)36-14-12-35(3)13-15-36/h4-11,16-18H,12-15H2,1-3H3,(H,31,37)(H,32,38). The number of fused-ring (bicyclic) bond motifs is 1. The lowest BCUT2D eigenvalue weighted by molar-refractivity contribution is -0.115. The zero-order chi connectivity index (χ0) is 27.5. The third kappa shape index (κ3) is 5.94. The summed E-state index contributed by atoms with van der Waals surface area (Å²) in [7, 11) is 2.05. The second kappa shape index (κ2) is 11.0. The number of carbonyl (C=O) groups excluding carboxylic acids is 3. The SMILES string of the molecule is CC(=O)Nc1cccc(-c2nc3ccc(C(=O)N4CCN(C)CC4)cc3nc2-c2cccc(NC(C)=O)c2)c1. The van der Waals surface area contributed by atoms with Crippen molar-refractivity contribution in [1.82, 2.24) is 19.8 Å². The molecular formula is C30H30N6O3. The summed E-state index contributed by atoms with van der Waals surface area (Å²) in [6.07, 6.45) is 0. The van der Waals surface area contributed by atoms with E-state index in [0.717, 1.165) is 24.2 Å². The fourth-order valence-electron chi connectivity index (χ4n) is 4.68. The Morgan fingerprint density at radius 2 is 1.23 bits per heavy atom. The quantitative estimate of drug-likeness (QED) is 0.405. The number of amides is 3. The summed E-state index contributed by atoms with van der Waals surface area (Å²) in [6.45, 7) is 5.97. The molecule has 0 bridgehead atoms. The first kappa shape index (κ1) is 26.0. The van der Waals surface area contributed by atoms with Gasteiger partial charge in [-0.3, -0.25) is 14.4 Å². The number of piperazine rings is 1. The monoisotopic (exact) mass is 522 g/mol. The summed E-state index contributed by atoms with van der Waals surface area (Å²) in [5.74, 6) is -0.363. The Morgan fingerprint density at radius 3 is 1.77 bits per heavy atom. The van der Waals surface area contributed by atoms with Crippen molar-refractivity contribution in [1.29, 1.82) is 0 Å². The molecule has 1 aliphatic heterocycles. The summed E-state index contributed by atoms with van der Waals surface area (Å²) in [5.41, 5.74) is 5.83. The molecule has 1 aliphatic rings. The van der Waals surface area contributed by atoms with Crippen molar-refractivity contribution in [2.75, 3.05) is 43.9 Å². The highest BCUT2D eigenvalue weighted by Gasteiger charge is 2.22. The van der Waals surface area contributed by atoms with Gasteiger partial charge in [0.25, 0.3) is 5.91 Å². The van der Waals surface area contributed by atoms with Crippen molar-refractivity contribution in [2.24, 2.45) is 0 Å². The highest BCUT2D eigenvalue weighted by atomic mass is 16.2. The molecule has 39 heavy (non-hydrogen) atoms. The second-order valence-electron chi connectivity index (χ2n) is 9.74. The molecule has 0 spiro atoms. The van der Waals surface area contributed by atoms with Gasteiger partial charge in [-0.1, -0.05) is 24.3 Å². The summed E-state index contributed by atoms with van der Waals surface area (Å²) >= 11 is 0. The van der Waals surface area contributed by atoms with Gasteiger partial charge in [-0.2, -0.15) is 0 Å². The van der Waals surface area contributed by atoms with E-state index in [1.54, 1.807) is 12.1 Å². The molecule has 0 aliphatic carbocycles. The van der Waals surface area contributed by atoms with Gasteiger partial charge in [-0.25, -0.2) is 9.97 Å². The van der Waals surface area contributed by atoms with Crippen LogP contribution in [0.4, 0.5) is 11.4 Å². The average Bonchev–Trinajstić information content (AvgIpc) is 2.91. The van der Waals surface area contributed by atoms with E-state index < -0.39 is 0 Å². The van der Waals surface area contributed by atoms with E-state index in [1.807, 2.05) is 59.5 Å². The van der Waals surface area contributed by atoms with Crippen LogP contribution in [0.15, 0.2) is 66.7 Å². The normalized spacial score (nSPS) is 13.8. The average molecular weight is 523 g/mol. The van der Waals surface area contributed by atoms with Crippen molar-refractivity contribution in [3.05, 3.63) is 72.3 Å². The van der Waals surface area contributed by atoms with Gasteiger partial charge in [0, 0.05) is 68.1 Å². The van der Waals surface area contributed by atoms with E-state index >= 15 is 0 Å². The molecule has 9 nitrogen and oxygen atoms in total. The molecule has 0 atom stereocenters. The van der Waals surface area contributed by atoms with Crippen LogP contribution < -0.4 is 10.6 Å². The van der Waals surface area contributed by atoms with Crippen molar-refractivity contribution in [3.8, 4) is 22.5 Å². The predicted octanol–water partition coefficient (Wildman–Crippen LogP) is 4.27. The van der Waals surface area contributed by atoms with E-state index in [1.165, 1.54) is 13.8 Å². The third-order valence-electron chi connectivity index (χ3n) is 6.61. The number of likely N-dealkylation sites (N-methyl/N-ethyl adjacent to an activating group) is 1. The maximum Gasteiger partial charge on any atom is 0.254 e. The maximum atomic E-state index is 13.3. The van der Waals surface area contributed by atoms with Crippen molar-refractivity contribution in [2.45, 2.75) is 13.8 Å². The van der Waals surface area contributed by atoms with Crippen molar-refractivity contribution >= 4 is 40.1 Å². The lowest BCUT2D eigenvalue weighted by Crippen LogP contribution is -2.47.